The topological polar surface area (TPSA) is 38.7 Å². The van der Waals surface area contributed by atoms with E-state index < -0.39 is 17.7 Å². The summed E-state index contributed by atoms with van der Waals surface area (Å²) in [7, 11) is 1.52. The number of hydrogen-bond acceptors (Lipinski definition) is 3. The summed E-state index contributed by atoms with van der Waals surface area (Å²) in [6, 6.07) is 10.4. The second-order valence-corrected chi connectivity index (χ2v) is 4.16. The van der Waals surface area contributed by atoms with Gasteiger partial charge in [0.2, 0.25) is 5.82 Å². The van der Waals surface area contributed by atoms with Gasteiger partial charge < -0.3 is 14.6 Å². The summed E-state index contributed by atoms with van der Waals surface area (Å²) in [4.78, 5) is 0. The number of aliphatic hydroxyl groups is 1. The molecule has 0 heterocycles. The first-order valence-corrected chi connectivity index (χ1v) is 6.00. The third-order valence-corrected chi connectivity index (χ3v) is 2.79. The van der Waals surface area contributed by atoms with E-state index in [1.807, 2.05) is 0 Å². The molecule has 0 saturated carbocycles. The van der Waals surface area contributed by atoms with Gasteiger partial charge in [-0.1, -0.05) is 18.2 Å². The molecule has 0 aromatic heterocycles. The van der Waals surface area contributed by atoms with Gasteiger partial charge in [-0.25, -0.2) is 4.39 Å². The van der Waals surface area contributed by atoms with E-state index >= 15 is 0 Å². The molecule has 2 aromatic carbocycles. The Bertz CT molecular complexity index is 587. The van der Waals surface area contributed by atoms with E-state index in [2.05, 4.69) is 0 Å². The Morgan fingerprint density at radius 2 is 1.90 bits per heavy atom. The summed E-state index contributed by atoms with van der Waals surface area (Å²) >= 11 is 0. The Balaban J connectivity index is 2.04. The van der Waals surface area contributed by atoms with Crippen molar-refractivity contribution < 1.29 is 23.4 Å². The van der Waals surface area contributed by atoms with Gasteiger partial charge in [-0.15, -0.1) is 0 Å². The number of benzene rings is 2. The molecule has 0 saturated heterocycles. The monoisotopic (exact) mass is 280 g/mol. The van der Waals surface area contributed by atoms with Crippen LogP contribution in [0.3, 0.4) is 0 Å². The second kappa shape index (κ2) is 6.34. The van der Waals surface area contributed by atoms with Crippen LogP contribution in [0.5, 0.6) is 11.5 Å². The Kier molecular flexibility index (Phi) is 4.53. The van der Waals surface area contributed by atoms with Crippen molar-refractivity contribution >= 4 is 0 Å². The minimum absolute atomic E-state index is 0.187. The van der Waals surface area contributed by atoms with Crippen LogP contribution in [0.4, 0.5) is 8.78 Å². The van der Waals surface area contributed by atoms with Crippen LogP contribution in [0.2, 0.25) is 0 Å². The quantitative estimate of drug-likeness (QED) is 0.914. The Morgan fingerprint density at radius 3 is 2.65 bits per heavy atom. The van der Waals surface area contributed by atoms with Crippen molar-refractivity contribution in [3.8, 4) is 11.5 Å². The van der Waals surface area contributed by atoms with Crippen LogP contribution in [0, 0.1) is 11.6 Å². The van der Waals surface area contributed by atoms with E-state index in [1.165, 1.54) is 19.2 Å². The molecule has 0 amide bonds. The van der Waals surface area contributed by atoms with E-state index in [-0.39, 0.29) is 12.4 Å². The summed E-state index contributed by atoms with van der Waals surface area (Å²) in [5.41, 5.74) is 0.571. The van der Waals surface area contributed by atoms with Gasteiger partial charge in [0.1, 0.15) is 18.5 Å². The highest BCUT2D eigenvalue weighted by Crippen LogP contribution is 2.23. The normalized spacial score (nSPS) is 12.0. The number of methoxy groups -OCH3 is 1. The summed E-state index contributed by atoms with van der Waals surface area (Å²) in [5, 5.41) is 9.97. The molecule has 2 aromatic rings. The zero-order valence-electron chi connectivity index (χ0n) is 10.8. The second-order valence-electron chi connectivity index (χ2n) is 4.16. The lowest BCUT2D eigenvalue weighted by Crippen LogP contribution is -2.10. The minimum atomic E-state index is -1.06. The first kappa shape index (κ1) is 14.3. The molecule has 3 nitrogen and oxygen atoms in total. The van der Waals surface area contributed by atoms with Gasteiger partial charge in [0.05, 0.1) is 7.11 Å². The molecule has 0 spiro atoms. The number of ether oxygens (including phenoxy) is 2. The van der Waals surface area contributed by atoms with Crippen LogP contribution >= 0.6 is 0 Å². The van der Waals surface area contributed by atoms with Crippen LogP contribution in [-0.2, 0) is 0 Å². The molecular formula is C15H14F2O3. The van der Waals surface area contributed by atoms with E-state index in [0.717, 1.165) is 6.07 Å². The standard InChI is InChI=1S/C15H14F2O3/c1-19-11-5-2-4-10(8-11)13(18)9-20-14-7-3-6-12(16)15(14)17/h2-8,13,18H,9H2,1H3. The van der Waals surface area contributed by atoms with Crippen molar-refractivity contribution in [2.75, 3.05) is 13.7 Å². The molecule has 0 radical (unpaired) electrons. The summed E-state index contributed by atoms with van der Waals surface area (Å²) in [5.74, 6) is -1.69. The third kappa shape index (κ3) is 3.24. The fraction of sp³-hybridized carbons (Fsp3) is 0.200. The smallest absolute Gasteiger partial charge is 0.200 e. The molecule has 106 valence electrons. The van der Waals surface area contributed by atoms with E-state index in [9.17, 15) is 13.9 Å². The number of halogens is 2. The molecule has 0 aliphatic heterocycles. The van der Waals surface area contributed by atoms with Crippen LogP contribution in [0.25, 0.3) is 0 Å². The average molecular weight is 280 g/mol. The van der Waals surface area contributed by atoms with E-state index in [4.69, 9.17) is 9.47 Å². The average Bonchev–Trinajstić information content (AvgIpc) is 2.48. The van der Waals surface area contributed by atoms with Gasteiger partial charge >= 0.3 is 0 Å². The Labute approximate surface area is 115 Å². The molecule has 1 atom stereocenters. The maximum atomic E-state index is 13.4. The van der Waals surface area contributed by atoms with Crippen LogP contribution in [0.1, 0.15) is 11.7 Å². The highest BCUT2D eigenvalue weighted by Gasteiger charge is 2.13. The molecule has 0 bridgehead atoms. The maximum Gasteiger partial charge on any atom is 0.200 e. The molecule has 20 heavy (non-hydrogen) atoms. The van der Waals surface area contributed by atoms with E-state index in [1.54, 1.807) is 24.3 Å². The highest BCUT2D eigenvalue weighted by molar-refractivity contribution is 5.30. The van der Waals surface area contributed by atoms with Gasteiger partial charge in [-0.05, 0) is 29.8 Å². The molecule has 0 aliphatic carbocycles. The molecule has 0 fully saturated rings. The van der Waals surface area contributed by atoms with Crippen molar-refractivity contribution in [3.05, 3.63) is 59.7 Å². The molecule has 5 heteroatoms. The maximum absolute atomic E-state index is 13.4. The first-order chi connectivity index (χ1) is 9.61. The summed E-state index contributed by atoms with van der Waals surface area (Å²) in [6.45, 7) is -0.187. The van der Waals surface area contributed by atoms with Crippen molar-refractivity contribution in [2.24, 2.45) is 0 Å². The van der Waals surface area contributed by atoms with Crippen molar-refractivity contribution in [1.82, 2.24) is 0 Å². The molecule has 1 unspecified atom stereocenters. The molecule has 2 rings (SSSR count). The van der Waals surface area contributed by atoms with Crippen LogP contribution < -0.4 is 9.47 Å². The summed E-state index contributed by atoms with van der Waals surface area (Å²) < 4.78 is 36.5. The fourth-order valence-electron chi connectivity index (χ4n) is 1.71. The van der Waals surface area contributed by atoms with Crippen molar-refractivity contribution in [3.63, 3.8) is 0 Å². The lowest BCUT2D eigenvalue weighted by Gasteiger charge is -2.14. The zero-order chi connectivity index (χ0) is 14.5. The predicted molar refractivity (Wildman–Crippen MR) is 69.8 cm³/mol. The molecule has 0 aliphatic rings. The van der Waals surface area contributed by atoms with Gasteiger partial charge in [-0.3, -0.25) is 0 Å². The summed E-state index contributed by atoms with van der Waals surface area (Å²) in [6.07, 6.45) is -0.965. The van der Waals surface area contributed by atoms with Crippen LogP contribution in [-0.4, -0.2) is 18.8 Å². The minimum Gasteiger partial charge on any atom is -0.497 e. The Hall–Kier alpha value is -2.14. The largest absolute Gasteiger partial charge is 0.497 e. The molecular weight excluding hydrogens is 266 g/mol. The number of rotatable bonds is 5. The number of hydrogen-bond donors (Lipinski definition) is 1. The fourth-order valence-corrected chi connectivity index (χ4v) is 1.71. The van der Waals surface area contributed by atoms with Crippen LogP contribution in [0.15, 0.2) is 42.5 Å². The predicted octanol–water partition coefficient (Wildman–Crippen LogP) is 3.09. The first-order valence-electron chi connectivity index (χ1n) is 6.00. The van der Waals surface area contributed by atoms with Gasteiger partial charge in [0.25, 0.3) is 0 Å². The lowest BCUT2D eigenvalue weighted by molar-refractivity contribution is 0.105. The third-order valence-electron chi connectivity index (χ3n) is 2.79. The number of aliphatic hydroxyl groups excluding tert-OH is 1. The SMILES string of the molecule is COc1cccc(C(O)COc2cccc(F)c2F)c1. The molecule has 1 N–H and O–H groups in total. The van der Waals surface area contributed by atoms with Gasteiger partial charge in [0.15, 0.2) is 11.6 Å². The lowest BCUT2D eigenvalue weighted by atomic mass is 10.1. The van der Waals surface area contributed by atoms with Gasteiger partial charge in [0, 0.05) is 0 Å². The Morgan fingerprint density at radius 1 is 1.15 bits per heavy atom. The van der Waals surface area contributed by atoms with Gasteiger partial charge in [-0.2, -0.15) is 4.39 Å². The highest BCUT2D eigenvalue weighted by atomic mass is 19.2. The zero-order valence-corrected chi connectivity index (χ0v) is 10.8. The van der Waals surface area contributed by atoms with Crippen molar-refractivity contribution in [2.45, 2.75) is 6.10 Å². The van der Waals surface area contributed by atoms with E-state index in [0.29, 0.717) is 11.3 Å². The van der Waals surface area contributed by atoms with Crippen molar-refractivity contribution in [1.29, 1.82) is 0 Å².